The first-order valence-corrected chi connectivity index (χ1v) is 9.15. The first-order chi connectivity index (χ1) is 13.6. The molecule has 4 rings (SSSR count). The Balaban J connectivity index is 1.37. The van der Waals surface area contributed by atoms with E-state index in [9.17, 15) is 13.6 Å². The Morgan fingerprint density at radius 3 is 2.75 bits per heavy atom. The Bertz CT molecular complexity index is 1000. The molecule has 1 aliphatic heterocycles. The van der Waals surface area contributed by atoms with Gasteiger partial charge in [0.1, 0.15) is 17.5 Å². The first kappa shape index (κ1) is 18.1. The zero-order valence-corrected chi connectivity index (χ0v) is 15.2. The molecule has 142 valence electrons. The standard InChI is InChI=1S/C22H19F2N3O/c23-18-7-5-15(19(24)13-18)9-11-25-21-8-6-17(14-26-21)22(28)27-12-10-16-3-1-2-4-20(16)27/h1-8,13-14H,9-12H2,(H,25,26). The smallest absolute Gasteiger partial charge is 0.259 e. The van der Waals surface area contributed by atoms with Crippen LogP contribution < -0.4 is 10.2 Å². The van der Waals surface area contributed by atoms with Crippen molar-refractivity contribution in [3.63, 3.8) is 0 Å². The summed E-state index contributed by atoms with van der Waals surface area (Å²) in [5.74, 6) is -0.614. The van der Waals surface area contributed by atoms with E-state index in [-0.39, 0.29) is 5.91 Å². The molecular formula is C22H19F2N3O. The van der Waals surface area contributed by atoms with Crippen molar-refractivity contribution in [2.24, 2.45) is 0 Å². The highest BCUT2D eigenvalue weighted by Crippen LogP contribution is 2.28. The quantitative estimate of drug-likeness (QED) is 0.722. The van der Waals surface area contributed by atoms with Gasteiger partial charge in [0.2, 0.25) is 0 Å². The van der Waals surface area contributed by atoms with Crippen molar-refractivity contribution < 1.29 is 13.6 Å². The van der Waals surface area contributed by atoms with Crippen LogP contribution in [0.15, 0.2) is 60.8 Å². The van der Waals surface area contributed by atoms with E-state index in [4.69, 9.17) is 0 Å². The number of nitrogens with one attached hydrogen (secondary N) is 1. The van der Waals surface area contributed by atoms with Crippen molar-refractivity contribution in [2.75, 3.05) is 23.3 Å². The van der Waals surface area contributed by atoms with E-state index in [1.807, 2.05) is 24.3 Å². The molecule has 28 heavy (non-hydrogen) atoms. The molecule has 0 atom stereocenters. The lowest BCUT2D eigenvalue weighted by Gasteiger charge is -2.17. The van der Waals surface area contributed by atoms with Gasteiger partial charge in [0.15, 0.2) is 0 Å². The van der Waals surface area contributed by atoms with Crippen LogP contribution in [0.3, 0.4) is 0 Å². The van der Waals surface area contributed by atoms with E-state index in [0.717, 1.165) is 18.2 Å². The van der Waals surface area contributed by atoms with Crippen LogP contribution in [0.4, 0.5) is 20.3 Å². The van der Waals surface area contributed by atoms with Gasteiger partial charge < -0.3 is 10.2 Å². The summed E-state index contributed by atoms with van der Waals surface area (Å²) in [5, 5.41) is 3.09. The van der Waals surface area contributed by atoms with Crippen molar-refractivity contribution in [3.8, 4) is 0 Å². The second-order valence-corrected chi connectivity index (χ2v) is 6.68. The van der Waals surface area contributed by atoms with Crippen molar-refractivity contribution in [1.82, 2.24) is 4.98 Å². The molecule has 1 aliphatic rings. The summed E-state index contributed by atoms with van der Waals surface area (Å²) in [5.41, 5.74) is 3.09. The average Bonchev–Trinajstić information content (AvgIpc) is 3.14. The maximum absolute atomic E-state index is 13.6. The van der Waals surface area contributed by atoms with Gasteiger partial charge in [0.25, 0.3) is 5.91 Å². The van der Waals surface area contributed by atoms with Crippen molar-refractivity contribution in [3.05, 3.63) is 89.1 Å². The Morgan fingerprint density at radius 1 is 1.11 bits per heavy atom. The minimum absolute atomic E-state index is 0.0719. The molecule has 2 heterocycles. The highest BCUT2D eigenvalue weighted by atomic mass is 19.1. The molecule has 6 heteroatoms. The zero-order valence-electron chi connectivity index (χ0n) is 15.2. The summed E-state index contributed by atoms with van der Waals surface area (Å²) in [6.45, 7) is 1.11. The Morgan fingerprint density at radius 2 is 1.96 bits per heavy atom. The monoisotopic (exact) mass is 379 g/mol. The van der Waals surface area contributed by atoms with Crippen LogP contribution >= 0.6 is 0 Å². The molecule has 1 aromatic heterocycles. The van der Waals surface area contributed by atoms with Gasteiger partial charge in [-0.25, -0.2) is 13.8 Å². The summed E-state index contributed by atoms with van der Waals surface area (Å²) in [7, 11) is 0. The number of halogens is 2. The average molecular weight is 379 g/mol. The molecule has 0 spiro atoms. The van der Waals surface area contributed by atoms with Gasteiger partial charge in [-0.05, 0) is 48.2 Å². The van der Waals surface area contributed by atoms with E-state index in [2.05, 4.69) is 10.3 Å². The van der Waals surface area contributed by atoms with Crippen molar-refractivity contribution >= 4 is 17.4 Å². The number of nitrogens with zero attached hydrogens (tertiary/aromatic N) is 2. The SMILES string of the molecule is O=C(c1ccc(NCCc2ccc(F)cc2F)nc1)N1CCc2ccccc21. The van der Waals surface area contributed by atoms with Crippen LogP contribution in [0.2, 0.25) is 0 Å². The fourth-order valence-corrected chi connectivity index (χ4v) is 3.38. The second kappa shape index (κ2) is 7.76. The zero-order chi connectivity index (χ0) is 19.5. The van der Waals surface area contributed by atoms with E-state index < -0.39 is 11.6 Å². The van der Waals surface area contributed by atoms with Crippen LogP contribution in [-0.4, -0.2) is 24.0 Å². The fourth-order valence-electron chi connectivity index (χ4n) is 3.38. The van der Waals surface area contributed by atoms with Gasteiger partial charge in [-0.3, -0.25) is 4.79 Å². The van der Waals surface area contributed by atoms with Crippen LogP contribution in [0.5, 0.6) is 0 Å². The number of carbonyl (C=O) groups excluding carboxylic acids is 1. The Labute approximate surface area is 161 Å². The maximum Gasteiger partial charge on any atom is 0.259 e. The lowest BCUT2D eigenvalue weighted by molar-refractivity contribution is 0.0989. The van der Waals surface area contributed by atoms with Crippen LogP contribution in [0, 0.1) is 11.6 Å². The summed E-state index contributed by atoms with van der Waals surface area (Å²) in [4.78, 5) is 18.8. The number of amides is 1. The third-order valence-electron chi connectivity index (χ3n) is 4.86. The number of hydrogen-bond donors (Lipinski definition) is 1. The predicted octanol–water partition coefficient (Wildman–Crippen LogP) is 4.22. The topological polar surface area (TPSA) is 45.2 Å². The number of benzene rings is 2. The largest absolute Gasteiger partial charge is 0.370 e. The molecule has 0 radical (unpaired) electrons. The maximum atomic E-state index is 13.6. The number of rotatable bonds is 5. The third kappa shape index (κ3) is 3.71. The minimum Gasteiger partial charge on any atom is -0.370 e. The summed E-state index contributed by atoms with van der Waals surface area (Å²) >= 11 is 0. The number of pyridine rings is 1. The first-order valence-electron chi connectivity index (χ1n) is 9.15. The van der Waals surface area contributed by atoms with Gasteiger partial charge in [0, 0.05) is 31.0 Å². The molecule has 2 aromatic carbocycles. The van der Waals surface area contributed by atoms with Crippen LogP contribution in [0.1, 0.15) is 21.5 Å². The predicted molar refractivity (Wildman–Crippen MR) is 105 cm³/mol. The summed E-state index contributed by atoms with van der Waals surface area (Å²) in [6.07, 6.45) is 2.80. The van der Waals surface area contributed by atoms with E-state index in [1.54, 1.807) is 23.2 Å². The molecule has 0 unspecified atom stereocenters. The van der Waals surface area contributed by atoms with Gasteiger partial charge in [-0.2, -0.15) is 0 Å². The Kier molecular flexibility index (Phi) is 5.02. The molecule has 3 aromatic rings. The van der Waals surface area contributed by atoms with Gasteiger partial charge >= 0.3 is 0 Å². The fraction of sp³-hybridized carbons (Fsp3) is 0.182. The molecule has 1 amide bonds. The lowest BCUT2D eigenvalue weighted by atomic mass is 10.1. The minimum atomic E-state index is -0.586. The molecule has 0 fully saturated rings. The van der Waals surface area contributed by atoms with E-state index >= 15 is 0 Å². The second-order valence-electron chi connectivity index (χ2n) is 6.68. The molecular weight excluding hydrogens is 360 g/mol. The third-order valence-corrected chi connectivity index (χ3v) is 4.86. The number of hydrogen-bond acceptors (Lipinski definition) is 3. The highest BCUT2D eigenvalue weighted by molar-refractivity contribution is 6.07. The van der Waals surface area contributed by atoms with Gasteiger partial charge in [0.05, 0.1) is 5.56 Å². The van der Waals surface area contributed by atoms with E-state index in [0.29, 0.717) is 36.5 Å². The van der Waals surface area contributed by atoms with E-state index in [1.165, 1.54) is 17.7 Å². The van der Waals surface area contributed by atoms with Crippen molar-refractivity contribution in [1.29, 1.82) is 0 Å². The number of anilines is 2. The molecule has 0 bridgehead atoms. The van der Waals surface area contributed by atoms with Crippen LogP contribution in [-0.2, 0) is 12.8 Å². The number of para-hydroxylation sites is 1. The normalized spacial score (nSPS) is 12.7. The highest BCUT2D eigenvalue weighted by Gasteiger charge is 2.25. The summed E-state index contributed by atoms with van der Waals surface area (Å²) < 4.78 is 26.6. The molecule has 0 saturated heterocycles. The molecule has 0 saturated carbocycles. The number of fused-ring (bicyclic) bond motifs is 1. The number of carbonyl (C=O) groups is 1. The molecule has 1 N–H and O–H groups in total. The molecule has 0 aliphatic carbocycles. The number of aromatic nitrogens is 1. The Hall–Kier alpha value is -3.28. The van der Waals surface area contributed by atoms with Gasteiger partial charge in [-0.1, -0.05) is 24.3 Å². The van der Waals surface area contributed by atoms with Gasteiger partial charge in [-0.15, -0.1) is 0 Å². The lowest BCUT2D eigenvalue weighted by Crippen LogP contribution is -2.28. The summed E-state index contributed by atoms with van der Waals surface area (Å²) in [6, 6.07) is 14.9. The van der Waals surface area contributed by atoms with Crippen LogP contribution in [0.25, 0.3) is 0 Å². The molecule has 4 nitrogen and oxygen atoms in total. The van der Waals surface area contributed by atoms with Crippen molar-refractivity contribution in [2.45, 2.75) is 12.8 Å².